The normalized spacial score (nSPS) is 10.0. The van der Waals surface area contributed by atoms with E-state index in [1.165, 1.54) is 0 Å². The smallest absolute Gasteiger partial charge is 0.303 e. The predicted molar refractivity (Wildman–Crippen MR) is 67.8 cm³/mol. The molecular formula is C13H19NO3. The maximum Gasteiger partial charge on any atom is 0.303 e. The van der Waals surface area contributed by atoms with E-state index in [2.05, 4.69) is 0 Å². The molecule has 4 nitrogen and oxygen atoms in total. The number of rotatable bonds is 7. The van der Waals surface area contributed by atoms with Crippen LogP contribution >= 0.6 is 0 Å². The molecule has 0 bridgehead atoms. The average Bonchev–Trinajstić information content (AvgIpc) is 2.30. The number of carboxylic acid groups (broad SMARTS) is 1. The maximum atomic E-state index is 10.4. The number of hydrogen-bond acceptors (Lipinski definition) is 3. The molecule has 94 valence electrons. The molecule has 0 saturated heterocycles. The third-order valence-electron chi connectivity index (χ3n) is 2.47. The molecule has 0 fully saturated rings. The average molecular weight is 237 g/mol. The van der Waals surface area contributed by atoms with Crippen LogP contribution in [0, 0.1) is 0 Å². The lowest BCUT2D eigenvalue weighted by Gasteiger charge is -2.19. The first-order valence-electron chi connectivity index (χ1n) is 5.79. The lowest BCUT2D eigenvalue weighted by atomic mass is 10.2. The van der Waals surface area contributed by atoms with Crippen molar-refractivity contribution in [2.24, 2.45) is 0 Å². The zero-order valence-electron chi connectivity index (χ0n) is 10.3. The maximum absolute atomic E-state index is 10.4. The number of aliphatic carboxylic acids is 1. The van der Waals surface area contributed by atoms with Crippen LogP contribution in [0.15, 0.2) is 24.3 Å². The Balaban J connectivity index is 2.45. The van der Waals surface area contributed by atoms with Crippen LogP contribution in [-0.4, -0.2) is 31.3 Å². The standard InChI is InChI=1S/C13H19NO3/c1-3-17-12-8-6-11(7-9-12)14(2)10-4-5-13(15)16/h6-9H,3-5,10H2,1-2H3,(H,15,16). The van der Waals surface area contributed by atoms with E-state index in [4.69, 9.17) is 9.84 Å². The molecule has 17 heavy (non-hydrogen) atoms. The highest BCUT2D eigenvalue weighted by Gasteiger charge is 2.03. The van der Waals surface area contributed by atoms with Gasteiger partial charge in [0.1, 0.15) is 5.75 Å². The predicted octanol–water partition coefficient (Wildman–Crippen LogP) is 2.39. The molecule has 0 saturated carbocycles. The van der Waals surface area contributed by atoms with E-state index < -0.39 is 5.97 Å². The molecule has 0 heterocycles. The minimum atomic E-state index is -0.745. The van der Waals surface area contributed by atoms with E-state index in [-0.39, 0.29) is 6.42 Å². The largest absolute Gasteiger partial charge is 0.494 e. The van der Waals surface area contributed by atoms with Crippen LogP contribution in [0.3, 0.4) is 0 Å². The quantitative estimate of drug-likeness (QED) is 0.791. The summed E-state index contributed by atoms with van der Waals surface area (Å²) in [4.78, 5) is 12.4. The van der Waals surface area contributed by atoms with Gasteiger partial charge in [-0.2, -0.15) is 0 Å². The molecular weight excluding hydrogens is 218 g/mol. The number of anilines is 1. The van der Waals surface area contributed by atoms with E-state index in [1.807, 2.05) is 43.1 Å². The number of nitrogens with zero attached hydrogens (tertiary/aromatic N) is 1. The van der Waals surface area contributed by atoms with Gasteiger partial charge in [-0.05, 0) is 37.6 Å². The number of ether oxygens (including phenoxy) is 1. The molecule has 0 aliphatic rings. The van der Waals surface area contributed by atoms with Crippen molar-refractivity contribution in [2.45, 2.75) is 19.8 Å². The van der Waals surface area contributed by atoms with Gasteiger partial charge in [0.2, 0.25) is 0 Å². The highest BCUT2D eigenvalue weighted by molar-refractivity contribution is 5.66. The lowest BCUT2D eigenvalue weighted by molar-refractivity contribution is -0.137. The number of hydrogen-bond donors (Lipinski definition) is 1. The van der Waals surface area contributed by atoms with E-state index in [0.29, 0.717) is 13.0 Å². The lowest BCUT2D eigenvalue weighted by Crippen LogP contribution is -2.19. The summed E-state index contributed by atoms with van der Waals surface area (Å²) < 4.78 is 5.36. The molecule has 1 rings (SSSR count). The Morgan fingerprint density at radius 3 is 2.53 bits per heavy atom. The minimum absolute atomic E-state index is 0.210. The van der Waals surface area contributed by atoms with Gasteiger partial charge in [0.05, 0.1) is 6.61 Å². The Morgan fingerprint density at radius 1 is 1.35 bits per heavy atom. The summed E-state index contributed by atoms with van der Waals surface area (Å²) >= 11 is 0. The summed E-state index contributed by atoms with van der Waals surface area (Å²) in [5, 5.41) is 8.56. The number of carbonyl (C=O) groups is 1. The molecule has 0 aliphatic carbocycles. The molecule has 0 atom stereocenters. The van der Waals surface area contributed by atoms with Crippen LogP contribution < -0.4 is 9.64 Å². The van der Waals surface area contributed by atoms with Crippen molar-refractivity contribution < 1.29 is 14.6 Å². The van der Waals surface area contributed by atoms with Gasteiger partial charge in [-0.1, -0.05) is 0 Å². The van der Waals surface area contributed by atoms with Gasteiger partial charge in [-0.15, -0.1) is 0 Å². The fraction of sp³-hybridized carbons (Fsp3) is 0.462. The first-order chi connectivity index (χ1) is 8.13. The molecule has 0 aromatic heterocycles. The first kappa shape index (κ1) is 13.4. The van der Waals surface area contributed by atoms with Crippen LogP contribution in [0.1, 0.15) is 19.8 Å². The molecule has 0 aliphatic heterocycles. The van der Waals surface area contributed by atoms with Crippen molar-refractivity contribution in [1.82, 2.24) is 0 Å². The number of benzene rings is 1. The van der Waals surface area contributed by atoms with Crippen molar-refractivity contribution in [3.63, 3.8) is 0 Å². The van der Waals surface area contributed by atoms with Gasteiger partial charge in [-0.25, -0.2) is 0 Å². The third kappa shape index (κ3) is 4.76. The zero-order chi connectivity index (χ0) is 12.7. The molecule has 1 aromatic rings. The van der Waals surface area contributed by atoms with E-state index >= 15 is 0 Å². The summed E-state index contributed by atoms with van der Waals surface area (Å²) in [5.41, 5.74) is 1.07. The van der Waals surface area contributed by atoms with E-state index in [1.54, 1.807) is 0 Å². The van der Waals surface area contributed by atoms with E-state index in [9.17, 15) is 4.79 Å². The van der Waals surface area contributed by atoms with Crippen molar-refractivity contribution in [2.75, 3.05) is 25.1 Å². The Kier molecular flexibility index (Phi) is 5.33. The van der Waals surface area contributed by atoms with Crippen LogP contribution in [0.25, 0.3) is 0 Å². The van der Waals surface area contributed by atoms with Crippen molar-refractivity contribution in [1.29, 1.82) is 0 Å². The SMILES string of the molecule is CCOc1ccc(N(C)CCCC(=O)O)cc1. The fourth-order valence-electron chi connectivity index (χ4n) is 1.56. The number of carboxylic acids is 1. The minimum Gasteiger partial charge on any atom is -0.494 e. The molecule has 1 aromatic carbocycles. The van der Waals surface area contributed by atoms with Crippen LogP contribution in [0.4, 0.5) is 5.69 Å². The summed E-state index contributed by atoms with van der Waals surface area (Å²) in [6.45, 7) is 3.35. The second-order valence-electron chi connectivity index (χ2n) is 3.85. The van der Waals surface area contributed by atoms with Crippen LogP contribution in [-0.2, 0) is 4.79 Å². The second kappa shape index (κ2) is 6.78. The summed E-state index contributed by atoms with van der Waals surface area (Å²) in [6, 6.07) is 7.80. The third-order valence-corrected chi connectivity index (χ3v) is 2.47. The van der Waals surface area contributed by atoms with Crippen molar-refractivity contribution >= 4 is 11.7 Å². The van der Waals surface area contributed by atoms with Gasteiger partial charge in [0.25, 0.3) is 0 Å². The molecule has 4 heteroatoms. The summed E-state index contributed by atoms with van der Waals surface area (Å²) in [6.07, 6.45) is 0.862. The zero-order valence-corrected chi connectivity index (χ0v) is 10.3. The molecule has 0 spiro atoms. The molecule has 0 unspecified atom stereocenters. The molecule has 1 N–H and O–H groups in total. The van der Waals surface area contributed by atoms with Crippen LogP contribution in [0.5, 0.6) is 5.75 Å². The fourth-order valence-corrected chi connectivity index (χ4v) is 1.56. The van der Waals surface area contributed by atoms with Crippen molar-refractivity contribution in [3.05, 3.63) is 24.3 Å². The highest BCUT2D eigenvalue weighted by atomic mass is 16.5. The van der Waals surface area contributed by atoms with Crippen molar-refractivity contribution in [3.8, 4) is 5.75 Å². The second-order valence-corrected chi connectivity index (χ2v) is 3.85. The molecule has 0 radical (unpaired) electrons. The van der Waals surface area contributed by atoms with Gasteiger partial charge < -0.3 is 14.7 Å². The van der Waals surface area contributed by atoms with Gasteiger partial charge in [0.15, 0.2) is 0 Å². The van der Waals surface area contributed by atoms with Gasteiger partial charge >= 0.3 is 5.97 Å². The first-order valence-corrected chi connectivity index (χ1v) is 5.79. The Hall–Kier alpha value is -1.71. The Labute approximate surface area is 102 Å². The monoisotopic (exact) mass is 237 g/mol. The summed E-state index contributed by atoms with van der Waals surface area (Å²) in [7, 11) is 1.96. The van der Waals surface area contributed by atoms with Gasteiger partial charge in [-0.3, -0.25) is 4.79 Å². The highest BCUT2D eigenvalue weighted by Crippen LogP contribution is 2.18. The van der Waals surface area contributed by atoms with Crippen LogP contribution in [0.2, 0.25) is 0 Å². The van der Waals surface area contributed by atoms with Gasteiger partial charge in [0, 0.05) is 25.7 Å². The Bertz CT molecular complexity index is 348. The Morgan fingerprint density at radius 2 is 2.00 bits per heavy atom. The molecule has 0 amide bonds. The topological polar surface area (TPSA) is 49.8 Å². The van der Waals surface area contributed by atoms with E-state index in [0.717, 1.165) is 18.0 Å². The summed E-state index contributed by atoms with van der Waals surface area (Å²) in [5.74, 6) is 0.111.